The Morgan fingerprint density at radius 3 is 1.35 bits per heavy atom. The Bertz CT molecular complexity index is 1120. The SMILES string of the molecule is CCCC1=Cc2c(C)ccc(C)c2[CH]1[Hf]([Cl])([Cl])([CH]1C(CCC)=Cc2c(C)ccc(C)c21)[SiH](C)C. The van der Waals surface area contributed by atoms with Crippen molar-refractivity contribution in [2.45, 2.75) is 87.7 Å². The van der Waals surface area contributed by atoms with Crippen LogP contribution in [0.2, 0.25) is 13.1 Å². The van der Waals surface area contributed by atoms with E-state index in [1.54, 1.807) is 0 Å². The Morgan fingerprint density at radius 1 is 0.676 bits per heavy atom. The molecule has 2 aliphatic rings. The van der Waals surface area contributed by atoms with Gasteiger partial charge in [0.2, 0.25) is 0 Å². The second kappa shape index (κ2) is 9.47. The first-order chi connectivity index (χ1) is 16.0. The van der Waals surface area contributed by atoms with Crippen LogP contribution in [0, 0.1) is 27.7 Å². The fourth-order valence-electron chi connectivity index (χ4n) is 6.87. The van der Waals surface area contributed by atoms with E-state index in [0.717, 1.165) is 25.7 Å². The van der Waals surface area contributed by atoms with Crippen molar-refractivity contribution >= 4 is 35.3 Å². The van der Waals surface area contributed by atoms with Crippen LogP contribution in [0.3, 0.4) is 0 Å². The van der Waals surface area contributed by atoms with Crippen LogP contribution < -0.4 is 0 Å². The molecule has 0 radical (unpaired) electrons. The molecule has 2 atom stereocenters. The van der Waals surface area contributed by atoms with E-state index in [2.05, 4.69) is 91.1 Å². The number of rotatable bonds is 7. The predicted molar refractivity (Wildman–Crippen MR) is 154 cm³/mol. The van der Waals surface area contributed by atoms with Crippen molar-refractivity contribution in [2.24, 2.45) is 0 Å². The molecule has 0 bridgehead atoms. The molecule has 0 saturated carbocycles. The van der Waals surface area contributed by atoms with Gasteiger partial charge < -0.3 is 0 Å². The number of hydrogen-bond acceptors (Lipinski definition) is 0. The number of benzene rings is 2. The molecule has 0 fully saturated rings. The number of allylic oxidation sites excluding steroid dienone is 2. The van der Waals surface area contributed by atoms with E-state index in [-0.39, 0.29) is 7.35 Å². The van der Waals surface area contributed by atoms with E-state index in [9.17, 15) is 0 Å². The van der Waals surface area contributed by atoms with Crippen LogP contribution in [0.5, 0.6) is 0 Å². The first kappa shape index (κ1) is 26.6. The minimum absolute atomic E-state index is 0.234. The second-order valence-corrected chi connectivity index (χ2v) is 70.5. The molecule has 0 nitrogen and oxygen atoms in total. The van der Waals surface area contributed by atoms with Gasteiger partial charge in [-0.15, -0.1) is 0 Å². The van der Waals surface area contributed by atoms with Gasteiger partial charge in [-0.05, 0) is 0 Å². The molecule has 0 saturated heterocycles. The summed E-state index contributed by atoms with van der Waals surface area (Å²) >= 11 is -4.74. The van der Waals surface area contributed by atoms with E-state index in [1.807, 2.05) is 0 Å². The van der Waals surface area contributed by atoms with Crippen molar-refractivity contribution in [3.63, 3.8) is 0 Å². The van der Waals surface area contributed by atoms with Gasteiger partial charge in [0.1, 0.15) is 0 Å². The topological polar surface area (TPSA) is 0 Å². The summed E-state index contributed by atoms with van der Waals surface area (Å²) in [5.41, 5.74) is 14.3. The third-order valence-electron chi connectivity index (χ3n) is 8.71. The molecule has 0 N–H and O–H groups in total. The van der Waals surface area contributed by atoms with Gasteiger partial charge >= 0.3 is 218 Å². The Labute approximate surface area is 216 Å². The fraction of sp³-hybridized carbons (Fsp3) is 0.467. The Kier molecular flexibility index (Phi) is 7.42. The first-order valence-corrected chi connectivity index (χ1v) is 35.3. The fourth-order valence-corrected chi connectivity index (χ4v) is 51.6. The molecule has 0 spiro atoms. The van der Waals surface area contributed by atoms with Crippen molar-refractivity contribution in [1.29, 1.82) is 0 Å². The summed E-state index contributed by atoms with van der Waals surface area (Å²) in [6, 6.07) is 9.16. The summed E-state index contributed by atoms with van der Waals surface area (Å²) in [6.07, 6.45) is 9.42. The van der Waals surface area contributed by atoms with E-state index in [4.69, 9.17) is 17.2 Å². The molecule has 34 heavy (non-hydrogen) atoms. The summed E-state index contributed by atoms with van der Waals surface area (Å²) in [5, 5.41) is 0. The van der Waals surface area contributed by atoms with E-state index < -0.39 is 21.3 Å². The van der Waals surface area contributed by atoms with Crippen molar-refractivity contribution in [2.75, 3.05) is 0 Å². The third-order valence-corrected chi connectivity index (χ3v) is 81.4. The molecular weight excluding hydrogens is 638 g/mol. The van der Waals surface area contributed by atoms with Crippen LogP contribution in [0.1, 0.15) is 91.4 Å². The Balaban J connectivity index is 2.08. The molecule has 4 rings (SSSR count). The van der Waals surface area contributed by atoms with E-state index in [1.165, 1.54) is 55.7 Å². The van der Waals surface area contributed by atoms with Crippen LogP contribution in [-0.2, 0) is 15.3 Å². The van der Waals surface area contributed by atoms with Crippen LogP contribution >= 0.6 is 17.2 Å². The normalized spacial score (nSPS) is 20.6. The zero-order valence-electron chi connectivity index (χ0n) is 22.3. The molecule has 4 heteroatoms. The Hall–Kier alpha value is -0.413. The summed E-state index contributed by atoms with van der Waals surface area (Å²) in [7, 11) is 16.9. The van der Waals surface area contributed by atoms with Crippen LogP contribution in [-0.4, -0.2) is 5.98 Å². The van der Waals surface area contributed by atoms with Gasteiger partial charge in [0, 0.05) is 0 Å². The van der Waals surface area contributed by atoms with Crippen LogP contribution in [0.25, 0.3) is 12.2 Å². The third kappa shape index (κ3) is 3.85. The van der Waals surface area contributed by atoms with Gasteiger partial charge in [0.15, 0.2) is 0 Å². The predicted octanol–water partition coefficient (Wildman–Crippen LogP) is 10.1. The molecule has 0 aliphatic heterocycles. The minimum atomic E-state index is -4.74. The molecule has 2 aromatic rings. The number of aryl methyl sites for hydroxylation is 4. The van der Waals surface area contributed by atoms with Gasteiger partial charge in [-0.2, -0.15) is 0 Å². The summed E-state index contributed by atoms with van der Waals surface area (Å²) < 4.78 is 0.468. The van der Waals surface area contributed by atoms with E-state index in [0.29, 0.717) is 0 Å². The average molecular weight is 679 g/mol. The zero-order valence-corrected chi connectivity index (χ0v) is 28.5. The zero-order chi connectivity index (χ0) is 25.0. The van der Waals surface area contributed by atoms with E-state index >= 15 is 0 Å². The molecular formula is C30H41Cl2HfSi. The summed E-state index contributed by atoms with van der Waals surface area (Å²) in [4.78, 5) is 0. The molecule has 0 aromatic heterocycles. The van der Waals surface area contributed by atoms with Crippen molar-refractivity contribution in [3.8, 4) is 0 Å². The molecule has 2 aliphatic carbocycles. The summed E-state index contributed by atoms with van der Waals surface area (Å²) in [5.74, 6) is -1.47. The molecule has 2 aromatic carbocycles. The molecule has 2 unspecified atom stereocenters. The van der Waals surface area contributed by atoms with Crippen molar-refractivity contribution < 1.29 is 15.3 Å². The monoisotopic (exact) mass is 679 g/mol. The molecule has 0 heterocycles. The number of hydrogen-bond donors (Lipinski definition) is 0. The first-order valence-electron chi connectivity index (χ1n) is 13.2. The maximum atomic E-state index is 8.47. The quantitative estimate of drug-likeness (QED) is 0.256. The Morgan fingerprint density at radius 2 is 1.03 bits per heavy atom. The van der Waals surface area contributed by atoms with Gasteiger partial charge in [0.05, 0.1) is 0 Å². The summed E-state index contributed by atoms with van der Waals surface area (Å²) in [6.45, 7) is 18.6. The number of fused-ring (bicyclic) bond motifs is 2. The van der Waals surface area contributed by atoms with Crippen molar-refractivity contribution in [1.82, 2.24) is 0 Å². The average Bonchev–Trinajstić information content (AvgIpc) is 3.36. The molecule has 183 valence electrons. The van der Waals surface area contributed by atoms with Crippen LogP contribution in [0.4, 0.5) is 0 Å². The second-order valence-electron chi connectivity index (χ2n) is 11.2. The van der Waals surface area contributed by atoms with Gasteiger partial charge in [-0.3, -0.25) is 0 Å². The van der Waals surface area contributed by atoms with Crippen molar-refractivity contribution in [3.05, 3.63) is 79.9 Å². The number of halogens is 2. The van der Waals surface area contributed by atoms with Gasteiger partial charge in [-0.25, -0.2) is 0 Å². The standard InChI is InChI=1S/2C14H17.C2H7Si.2ClH.Hf/c2*1-4-5-12-8-13-10(2)6-7-11(3)14(13)9-12;1-3-2;;;/h2*6-9H,4-5H2,1-3H3;3H,1-2H3;2*1H;/q;;;;;+2/p-2. The van der Waals surface area contributed by atoms with Crippen LogP contribution in [0.15, 0.2) is 35.4 Å². The molecule has 0 amide bonds. The van der Waals surface area contributed by atoms with Gasteiger partial charge in [-0.1, -0.05) is 0 Å². The maximum absolute atomic E-state index is 8.47. The van der Waals surface area contributed by atoms with Gasteiger partial charge in [0.25, 0.3) is 0 Å².